The summed E-state index contributed by atoms with van der Waals surface area (Å²) in [5.41, 5.74) is 0. The van der Waals surface area contributed by atoms with Crippen LogP contribution in [-0.2, 0) is 14.9 Å². The van der Waals surface area contributed by atoms with E-state index in [0.29, 0.717) is 25.7 Å². The predicted octanol–water partition coefficient (Wildman–Crippen LogP) is 8.43. The molecule has 0 fully saturated rings. The van der Waals surface area contributed by atoms with Gasteiger partial charge in [-0.3, -0.25) is 9.35 Å². The van der Waals surface area contributed by atoms with Crippen LogP contribution >= 0.6 is 0 Å². The van der Waals surface area contributed by atoms with Crippen LogP contribution in [0.3, 0.4) is 0 Å². The van der Waals surface area contributed by atoms with Gasteiger partial charge in [0, 0.05) is 0 Å². The number of amides is 1. The number of carbonyl (C=O) groups is 1. The average Bonchev–Trinajstić information content (AvgIpc) is 2.94. The molecule has 0 aliphatic heterocycles. The monoisotopic (exact) mass is 617 g/mol. The van der Waals surface area contributed by atoms with Crippen LogP contribution in [-0.4, -0.2) is 53.1 Å². The Kier molecular flexibility index (Phi) is 28.1. The third-order valence-corrected chi connectivity index (χ3v) is 8.86. The second-order valence-corrected chi connectivity index (χ2v) is 13.8. The molecule has 0 radical (unpaired) electrons. The number of hydrogen-bond donors (Lipinski definition) is 4. The van der Waals surface area contributed by atoms with E-state index in [4.69, 9.17) is 0 Å². The highest BCUT2D eigenvalue weighted by Crippen LogP contribution is 2.15. The number of unbranched alkanes of at least 4 members (excludes halogenated alkanes) is 20. The van der Waals surface area contributed by atoms with E-state index < -0.39 is 40.0 Å². The third-order valence-electron chi connectivity index (χ3n) is 8.08. The fourth-order valence-electron chi connectivity index (χ4n) is 5.34. The third kappa shape index (κ3) is 27.8. The largest absolute Gasteiger partial charge is 0.391 e. The summed E-state index contributed by atoms with van der Waals surface area (Å²) in [6.07, 6.45) is 29.5. The van der Waals surface area contributed by atoms with Gasteiger partial charge in [-0.25, -0.2) is 0 Å². The van der Waals surface area contributed by atoms with Crippen molar-refractivity contribution in [2.24, 2.45) is 0 Å². The first-order valence-corrected chi connectivity index (χ1v) is 19.1. The van der Waals surface area contributed by atoms with Gasteiger partial charge in [-0.15, -0.1) is 0 Å². The molecule has 1 amide bonds. The minimum atomic E-state index is -4.40. The molecule has 0 bridgehead atoms. The quantitative estimate of drug-likeness (QED) is 0.0352. The van der Waals surface area contributed by atoms with Crippen molar-refractivity contribution in [1.29, 1.82) is 0 Å². The van der Waals surface area contributed by atoms with Gasteiger partial charge in [-0.1, -0.05) is 148 Å². The van der Waals surface area contributed by atoms with Crippen molar-refractivity contribution < 1.29 is 28.0 Å². The van der Waals surface area contributed by atoms with Gasteiger partial charge in [-0.2, -0.15) is 8.42 Å². The minimum absolute atomic E-state index is 0.292. The second kappa shape index (κ2) is 28.8. The summed E-state index contributed by atoms with van der Waals surface area (Å²) in [5, 5.41) is 23.3. The fourth-order valence-corrected chi connectivity index (χ4v) is 6.10. The predicted molar refractivity (Wildman–Crippen MR) is 176 cm³/mol. The van der Waals surface area contributed by atoms with Crippen molar-refractivity contribution >= 4 is 16.0 Å². The molecule has 0 saturated carbocycles. The maximum Gasteiger partial charge on any atom is 0.266 e. The van der Waals surface area contributed by atoms with Crippen molar-refractivity contribution in [2.75, 3.05) is 5.75 Å². The van der Waals surface area contributed by atoms with E-state index in [9.17, 15) is 28.0 Å². The van der Waals surface area contributed by atoms with Gasteiger partial charge < -0.3 is 15.5 Å². The molecule has 4 N–H and O–H groups in total. The Labute approximate surface area is 259 Å². The Hall–Kier alpha value is -0.960. The lowest BCUT2D eigenvalue weighted by Crippen LogP contribution is -2.50. The standard InChI is InChI=1S/C34H67NO6S/c1-3-5-7-9-11-13-14-15-16-17-18-19-21-23-25-27-29-33(37)34(38)35-31(30-42(39,40)41)32(36)28-26-24-22-20-12-10-8-6-4-2/h15-16,31-33,36-37H,3-14,17-30H2,1-2H3,(H,35,38)(H,39,40,41)/b16-15-. The summed E-state index contributed by atoms with van der Waals surface area (Å²) in [7, 11) is -4.40. The van der Waals surface area contributed by atoms with Crippen LogP contribution in [0.25, 0.3) is 0 Å². The summed E-state index contributed by atoms with van der Waals surface area (Å²) in [4.78, 5) is 12.5. The highest BCUT2D eigenvalue weighted by Gasteiger charge is 2.28. The normalized spacial score (nSPS) is 14.3. The maximum atomic E-state index is 12.5. The molecule has 3 atom stereocenters. The molecule has 42 heavy (non-hydrogen) atoms. The van der Waals surface area contributed by atoms with Crippen molar-refractivity contribution in [2.45, 2.75) is 193 Å². The molecule has 0 heterocycles. The number of allylic oxidation sites excluding steroid dienone is 2. The summed E-state index contributed by atoms with van der Waals surface area (Å²) in [6.45, 7) is 4.45. The van der Waals surface area contributed by atoms with E-state index in [1.807, 2.05) is 0 Å². The molecule has 3 unspecified atom stereocenters. The lowest BCUT2D eigenvalue weighted by molar-refractivity contribution is -0.131. The summed E-state index contributed by atoms with van der Waals surface area (Å²) in [5.74, 6) is -1.46. The molecule has 7 nitrogen and oxygen atoms in total. The van der Waals surface area contributed by atoms with Crippen molar-refractivity contribution in [3.8, 4) is 0 Å². The number of aliphatic hydroxyl groups is 2. The minimum Gasteiger partial charge on any atom is -0.391 e. The van der Waals surface area contributed by atoms with Crippen molar-refractivity contribution in [3.63, 3.8) is 0 Å². The summed E-state index contributed by atoms with van der Waals surface area (Å²) >= 11 is 0. The molecule has 0 rings (SSSR count). The molecule has 0 aromatic heterocycles. The zero-order valence-corrected chi connectivity index (χ0v) is 28.1. The molecule has 0 spiro atoms. The van der Waals surface area contributed by atoms with E-state index >= 15 is 0 Å². The van der Waals surface area contributed by atoms with Gasteiger partial charge in [0.2, 0.25) is 5.91 Å². The van der Waals surface area contributed by atoms with Crippen molar-refractivity contribution in [3.05, 3.63) is 12.2 Å². The van der Waals surface area contributed by atoms with E-state index in [-0.39, 0.29) is 0 Å². The van der Waals surface area contributed by atoms with Gasteiger partial charge in [0.15, 0.2) is 0 Å². The first-order chi connectivity index (χ1) is 20.2. The highest BCUT2D eigenvalue weighted by atomic mass is 32.2. The van der Waals surface area contributed by atoms with Gasteiger partial charge in [0.05, 0.1) is 17.9 Å². The van der Waals surface area contributed by atoms with Crippen LogP contribution in [0.1, 0.15) is 174 Å². The van der Waals surface area contributed by atoms with Crippen LogP contribution in [0, 0.1) is 0 Å². The Morgan fingerprint density at radius 3 is 1.43 bits per heavy atom. The van der Waals surface area contributed by atoms with Crippen LogP contribution < -0.4 is 5.32 Å². The molecular formula is C34H67NO6S. The van der Waals surface area contributed by atoms with E-state index in [1.54, 1.807) is 0 Å². The SMILES string of the molecule is CCCCCCCC/C=C\CCCCCCCCC(O)C(=O)NC(CS(=O)(=O)O)C(O)CCCCCCCCCCC. The van der Waals surface area contributed by atoms with E-state index in [2.05, 4.69) is 31.3 Å². The van der Waals surface area contributed by atoms with Crippen LogP contribution in [0.2, 0.25) is 0 Å². The molecule has 0 saturated heterocycles. The maximum absolute atomic E-state index is 12.5. The molecule has 250 valence electrons. The summed E-state index contributed by atoms with van der Waals surface area (Å²) < 4.78 is 32.3. The molecular weight excluding hydrogens is 550 g/mol. The van der Waals surface area contributed by atoms with Gasteiger partial charge >= 0.3 is 0 Å². The number of nitrogens with one attached hydrogen (secondary N) is 1. The zero-order valence-electron chi connectivity index (χ0n) is 27.2. The Bertz CT molecular complexity index is 742. The highest BCUT2D eigenvalue weighted by molar-refractivity contribution is 7.85. The second-order valence-electron chi connectivity index (χ2n) is 12.3. The molecule has 8 heteroatoms. The molecule has 0 aromatic carbocycles. The lowest BCUT2D eigenvalue weighted by atomic mass is 10.0. The number of aliphatic hydroxyl groups excluding tert-OH is 2. The molecule has 0 aliphatic carbocycles. The average molecular weight is 618 g/mol. The van der Waals surface area contributed by atoms with Gasteiger partial charge in [-0.05, 0) is 38.5 Å². The van der Waals surface area contributed by atoms with Crippen molar-refractivity contribution in [1.82, 2.24) is 5.32 Å². The topological polar surface area (TPSA) is 124 Å². The van der Waals surface area contributed by atoms with E-state index in [0.717, 1.165) is 44.9 Å². The summed E-state index contributed by atoms with van der Waals surface area (Å²) in [6, 6.07) is -1.14. The first-order valence-electron chi connectivity index (χ1n) is 17.5. The Morgan fingerprint density at radius 2 is 1.00 bits per heavy atom. The zero-order chi connectivity index (χ0) is 31.3. The first kappa shape index (κ1) is 41.0. The number of hydrogen-bond acceptors (Lipinski definition) is 5. The number of carbonyl (C=O) groups excluding carboxylic acids is 1. The number of rotatable bonds is 31. The van der Waals surface area contributed by atoms with Gasteiger partial charge in [0.1, 0.15) is 6.10 Å². The van der Waals surface area contributed by atoms with E-state index in [1.165, 1.54) is 89.9 Å². The molecule has 0 aliphatic rings. The fraction of sp³-hybridized carbons (Fsp3) is 0.912. The molecule has 0 aromatic rings. The Morgan fingerprint density at radius 1 is 0.619 bits per heavy atom. The van der Waals surface area contributed by atoms with Crippen LogP contribution in [0.15, 0.2) is 12.2 Å². The lowest BCUT2D eigenvalue weighted by Gasteiger charge is -2.24. The smallest absolute Gasteiger partial charge is 0.266 e. The Balaban J connectivity index is 4.05. The van der Waals surface area contributed by atoms with Crippen LogP contribution in [0.4, 0.5) is 0 Å². The van der Waals surface area contributed by atoms with Crippen LogP contribution in [0.5, 0.6) is 0 Å². The van der Waals surface area contributed by atoms with Gasteiger partial charge in [0.25, 0.3) is 10.1 Å².